The second-order valence-electron chi connectivity index (χ2n) is 16.0. The molecule has 0 bridgehead atoms. The average molecular weight is 921 g/mol. The SMILES string of the molecule is CC.O=C(NS(=O)(=O)c1ccc(NCC2CCOCC2)c([N+](=O)[O-])c1)c1ccc(N2CCN(CC3Cc4ccccc4CN3C(=O)c3cccs3)CC2)cc1Oc1cnc2[nH]ccc2c1. The van der Waals surface area contributed by atoms with E-state index in [1.54, 1.807) is 24.4 Å². The lowest BCUT2D eigenvalue weighted by Crippen LogP contribution is -2.54. The lowest BCUT2D eigenvalue weighted by Gasteiger charge is -2.42. The molecule has 3 aliphatic rings. The van der Waals surface area contributed by atoms with E-state index in [-0.39, 0.29) is 34.9 Å². The number of hydrogen-bond acceptors (Lipinski definition) is 13. The summed E-state index contributed by atoms with van der Waals surface area (Å²) in [5.41, 5.74) is 3.54. The minimum Gasteiger partial charge on any atom is -0.455 e. The largest absolute Gasteiger partial charge is 0.455 e. The molecule has 0 aliphatic carbocycles. The maximum Gasteiger partial charge on any atom is 0.293 e. The fourth-order valence-corrected chi connectivity index (χ4v) is 10.2. The zero-order valence-electron chi connectivity index (χ0n) is 36.3. The Morgan fingerprint density at radius 1 is 0.969 bits per heavy atom. The van der Waals surface area contributed by atoms with Crippen LogP contribution in [-0.4, -0.2) is 103 Å². The number of fused-ring (bicyclic) bond motifs is 2. The monoisotopic (exact) mass is 920 g/mol. The van der Waals surface area contributed by atoms with Crippen molar-refractivity contribution in [1.82, 2.24) is 24.5 Å². The fraction of sp³-hybridized carbons (Fsp3) is 0.340. The molecule has 9 rings (SSSR count). The summed E-state index contributed by atoms with van der Waals surface area (Å²) in [5.74, 6) is -0.234. The number of thiophene rings is 1. The van der Waals surface area contributed by atoms with Crippen molar-refractivity contribution in [2.45, 2.75) is 50.6 Å². The molecule has 1 atom stereocenters. The van der Waals surface area contributed by atoms with Gasteiger partial charge in [-0.15, -0.1) is 11.3 Å². The standard InChI is InChI=1S/C45H46N8O8S2.C2H6/c54-44(49-63(58,59)37-8-10-39(40(25-37)53(56)57)47-26-30-12-19-60-20-13-30)38-9-7-34(24-41(38)61-36-23-32-11-14-46-43(32)48-27-36)51-17-15-50(16-18-51)29-35-22-31-4-1-2-5-33(31)28-52(35)45(55)42-6-3-21-62-42;1-2/h1-11,14,21,23-25,27,30,35,47H,12-13,15-20,22,26,28-29H2,(H,46,48)(H,49,54);1-2H3. The van der Waals surface area contributed by atoms with Crippen molar-refractivity contribution < 1.29 is 32.4 Å². The van der Waals surface area contributed by atoms with E-state index in [1.807, 2.05) is 54.5 Å². The summed E-state index contributed by atoms with van der Waals surface area (Å²) in [4.78, 5) is 53.4. The summed E-state index contributed by atoms with van der Waals surface area (Å²) in [6.07, 6.45) is 5.66. The van der Waals surface area contributed by atoms with Gasteiger partial charge in [0.25, 0.3) is 27.5 Å². The van der Waals surface area contributed by atoms with E-state index < -0.39 is 31.4 Å². The van der Waals surface area contributed by atoms with E-state index in [4.69, 9.17) is 9.47 Å². The zero-order chi connectivity index (χ0) is 45.5. The van der Waals surface area contributed by atoms with Gasteiger partial charge in [-0.25, -0.2) is 18.1 Å². The Bertz CT molecular complexity index is 2750. The normalized spacial score (nSPS) is 16.9. The number of piperazine rings is 1. The third-order valence-electron chi connectivity index (χ3n) is 12.0. The van der Waals surface area contributed by atoms with Gasteiger partial charge in [0.2, 0.25) is 0 Å². The van der Waals surface area contributed by atoms with E-state index in [1.165, 1.54) is 46.9 Å². The van der Waals surface area contributed by atoms with Gasteiger partial charge in [-0.2, -0.15) is 0 Å². The second kappa shape index (κ2) is 20.2. The number of aromatic nitrogens is 2. The first-order valence-electron chi connectivity index (χ1n) is 21.9. The topological polar surface area (TPSA) is 192 Å². The Kier molecular flexibility index (Phi) is 14.1. The van der Waals surface area contributed by atoms with Crippen molar-refractivity contribution in [3.63, 3.8) is 0 Å². The number of ether oxygens (including phenoxy) is 2. The summed E-state index contributed by atoms with van der Waals surface area (Å²) in [5, 5.41) is 17.9. The quantitative estimate of drug-likeness (QED) is 0.0757. The molecule has 18 heteroatoms. The third-order valence-corrected chi connectivity index (χ3v) is 14.2. The van der Waals surface area contributed by atoms with Crippen LogP contribution in [0.3, 0.4) is 0 Å². The number of anilines is 2. The number of benzene rings is 3. The lowest BCUT2D eigenvalue weighted by molar-refractivity contribution is -0.384. The van der Waals surface area contributed by atoms with Crippen molar-refractivity contribution in [3.05, 3.63) is 134 Å². The predicted molar refractivity (Wildman–Crippen MR) is 251 cm³/mol. The predicted octanol–water partition coefficient (Wildman–Crippen LogP) is 7.70. The smallest absolute Gasteiger partial charge is 0.293 e. The van der Waals surface area contributed by atoms with Gasteiger partial charge in [0.15, 0.2) is 0 Å². The molecule has 3 aliphatic heterocycles. The molecule has 2 amide bonds. The third kappa shape index (κ3) is 10.5. The molecule has 3 aromatic carbocycles. The maximum absolute atomic E-state index is 13.9. The van der Waals surface area contributed by atoms with Crippen molar-refractivity contribution in [1.29, 1.82) is 0 Å². The average Bonchev–Trinajstić information content (AvgIpc) is 4.05. The van der Waals surface area contributed by atoms with E-state index in [2.05, 4.69) is 41.9 Å². The summed E-state index contributed by atoms with van der Waals surface area (Å²) in [6, 6.07) is 24.2. The number of nitro groups is 1. The van der Waals surface area contributed by atoms with E-state index >= 15 is 0 Å². The number of carbonyl (C=O) groups excluding carboxylic acids is 2. The van der Waals surface area contributed by atoms with Crippen LogP contribution in [0.1, 0.15) is 57.8 Å². The summed E-state index contributed by atoms with van der Waals surface area (Å²) in [6.45, 7) is 9.74. The van der Waals surface area contributed by atoms with Crippen LogP contribution in [-0.2, 0) is 27.7 Å². The van der Waals surface area contributed by atoms with Crippen LogP contribution in [0.2, 0.25) is 0 Å². The van der Waals surface area contributed by atoms with Crippen molar-refractivity contribution in [2.24, 2.45) is 5.92 Å². The van der Waals surface area contributed by atoms with Gasteiger partial charge in [0.05, 0.1) is 26.5 Å². The van der Waals surface area contributed by atoms with Gasteiger partial charge < -0.3 is 29.6 Å². The number of nitrogens with zero attached hydrogens (tertiary/aromatic N) is 5. The van der Waals surface area contributed by atoms with Crippen LogP contribution in [0.5, 0.6) is 11.5 Å². The molecular formula is C47H52N8O8S2. The molecule has 6 heterocycles. The summed E-state index contributed by atoms with van der Waals surface area (Å²) < 4.78 is 41.2. The minimum atomic E-state index is -4.57. The molecule has 1 unspecified atom stereocenters. The van der Waals surface area contributed by atoms with E-state index in [0.717, 1.165) is 54.4 Å². The van der Waals surface area contributed by atoms with Gasteiger partial charge in [0, 0.05) is 94.5 Å². The number of rotatable bonds is 13. The Hall–Kier alpha value is -6.34. The highest BCUT2D eigenvalue weighted by molar-refractivity contribution is 7.90. The number of pyridine rings is 1. The molecule has 340 valence electrons. The van der Waals surface area contributed by atoms with Crippen molar-refractivity contribution >= 4 is 61.3 Å². The van der Waals surface area contributed by atoms with Gasteiger partial charge >= 0.3 is 0 Å². The van der Waals surface area contributed by atoms with Crippen molar-refractivity contribution in [2.75, 3.05) is 62.7 Å². The first kappa shape index (κ1) is 45.2. The Morgan fingerprint density at radius 2 is 1.75 bits per heavy atom. The number of nitro benzene ring substituents is 1. The first-order chi connectivity index (χ1) is 31.6. The second-order valence-corrected chi connectivity index (χ2v) is 18.6. The number of carbonyl (C=O) groups is 2. The summed E-state index contributed by atoms with van der Waals surface area (Å²) in [7, 11) is -4.57. The van der Waals surface area contributed by atoms with Crippen LogP contribution in [0.25, 0.3) is 11.0 Å². The molecule has 6 aromatic rings. The highest BCUT2D eigenvalue weighted by atomic mass is 32.2. The van der Waals surface area contributed by atoms with Crippen LogP contribution in [0, 0.1) is 16.0 Å². The minimum absolute atomic E-state index is 0.00370. The molecule has 0 spiro atoms. The Morgan fingerprint density at radius 3 is 2.51 bits per heavy atom. The molecule has 3 N–H and O–H groups in total. The van der Waals surface area contributed by atoms with Crippen LogP contribution < -0.4 is 19.7 Å². The molecule has 2 saturated heterocycles. The number of amides is 2. The van der Waals surface area contributed by atoms with Gasteiger partial charge in [-0.05, 0) is 84.2 Å². The fourth-order valence-electron chi connectivity index (χ4n) is 8.52. The highest BCUT2D eigenvalue weighted by Gasteiger charge is 2.33. The van der Waals surface area contributed by atoms with Crippen LogP contribution in [0.15, 0.2) is 108 Å². The number of nitrogens with one attached hydrogen (secondary N) is 3. The Balaban J connectivity index is 0.00000284. The van der Waals surface area contributed by atoms with E-state index in [0.29, 0.717) is 57.3 Å². The van der Waals surface area contributed by atoms with Crippen LogP contribution >= 0.6 is 11.3 Å². The molecule has 3 aromatic heterocycles. The lowest BCUT2D eigenvalue weighted by atomic mass is 9.93. The molecule has 0 radical (unpaired) electrons. The number of aromatic amines is 1. The first-order valence-corrected chi connectivity index (χ1v) is 24.2. The Labute approximate surface area is 381 Å². The highest BCUT2D eigenvalue weighted by Crippen LogP contribution is 2.34. The van der Waals surface area contributed by atoms with Gasteiger partial charge in [0.1, 0.15) is 22.8 Å². The molecule has 0 saturated carbocycles. The van der Waals surface area contributed by atoms with Gasteiger partial charge in [-0.3, -0.25) is 24.6 Å². The van der Waals surface area contributed by atoms with Crippen molar-refractivity contribution in [3.8, 4) is 11.5 Å². The van der Waals surface area contributed by atoms with E-state index in [9.17, 15) is 28.1 Å². The van der Waals surface area contributed by atoms with Crippen LogP contribution in [0.4, 0.5) is 17.1 Å². The number of sulfonamides is 1. The summed E-state index contributed by atoms with van der Waals surface area (Å²) >= 11 is 1.46. The molecule has 2 fully saturated rings. The molecule has 16 nitrogen and oxygen atoms in total. The zero-order valence-corrected chi connectivity index (χ0v) is 37.9. The maximum atomic E-state index is 13.9. The number of hydrogen-bond donors (Lipinski definition) is 3. The number of H-pyrrole nitrogens is 1. The molecular weight excluding hydrogens is 869 g/mol. The molecule has 65 heavy (non-hydrogen) atoms. The van der Waals surface area contributed by atoms with Gasteiger partial charge in [-0.1, -0.05) is 44.2 Å².